The molecule has 5 heteroatoms. The molecule has 0 radical (unpaired) electrons. The van der Waals surface area contributed by atoms with Crippen LogP contribution in [0.25, 0.3) is 5.57 Å². The summed E-state index contributed by atoms with van der Waals surface area (Å²) in [7, 11) is 1.49. The molecule has 0 aliphatic heterocycles. The van der Waals surface area contributed by atoms with Crippen LogP contribution >= 0.6 is 0 Å². The zero-order chi connectivity index (χ0) is 20.9. The number of fused-ring (bicyclic) bond motifs is 3. The van der Waals surface area contributed by atoms with Crippen molar-refractivity contribution >= 4 is 17.3 Å². The maximum absolute atomic E-state index is 13.5. The quantitative estimate of drug-likeness (QED) is 0.762. The molecule has 2 aliphatic rings. The zero-order valence-corrected chi connectivity index (χ0v) is 16.2. The van der Waals surface area contributed by atoms with E-state index in [1.165, 1.54) is 7.11 Å². The molecule has 2 aliphatic carbocycles. The minimum absolute atomic E-state index is 0.112. The van der Waals surface area contributed by atoms with Crippen LogP contribution in [0.3, 0.4) is 0 Å². The Balaban J connectivity index is 1.93. The Morgan fingerprint density at radius 3 is 2.62 bits per heavy atom. The van der Waals surface area contributed by atoms with Crippen molar-refractivity contribution in [2.24, 2.45) is 0 Å². The maximum Gasteiger partial charge on any atom is 0.382 e. The van der Waals surface area contributed by atoms with Gasteiger partial charge in [-0.25, -0.2) is 4.79 Å². The van der Waals surface area contributed by atoms with Crippen LogP contribution in [0, 0.1) is 23.2 Å². The van der Waals surface area contributed by atoms with Gasteiger partial charge in [-0.15, -0.1) is 0 Å². The molecule has 2 aromatic rings. The molecular formula is C24H17NO4. The number of Topliss-reactive ketones (excluding diaryl/α,β-unsaturated/α-hetero) is 1. The van der Waals surface area contributed by atoms with Gasteiger partial charge in [0.2, 0.25) is 0 Å². The Kier molecular flexibility index (Phi) is 4.06. The second kappa shape index (κ2) is 6.36. The van der Waals surface area contributed by atoms with Crippen molar-refractivity contribution in [2.45, 2.75) is 25.7 Å². The van der Waals surface area contributed by atoms with Crippen LogP contribution in [0.2, 0.25) is 0 Å². The number of nitrogens with zero attached hydrogens (tertiary/aromatic N) is 1. The van der Waals surface area contributed by atoms with Crippen LogP contribution < -0.4 is 4.74 Å². The molecular weight excluding hydrogens is 366 g/mol. The van der Waals surface area contributed by atoms with Gasteiger partial charge in [-0.3, -0.25) is 4.79 Å². The summed E-state index contributed by atoms with van der Waals surface area (Å²) < 4.78 is 5.42. The first-order valence-corrected chi connectivity index (χ1v) is 9.07. The number of ether oxygens (including phenoxy) is 1. The van der Waals surface area contributed by atoms with Gasteiger partial charge in [0.15, 0.2) is 5.78 Å². The predicted octanol–water partition coefficient (Wildman–Crippen LogP) is 3.49. The second-order valence-electron chi connectivity index (χ2n) is 7.62. The number of carboxylic acids is 1. The van der Waals surface area contributed by atoms with Gasteiger partial charge in [0.1, 0.15) is 5.75 Å². The summed E-state index contributed by atoms with van der Waals surface area (Å²) in [4.78, 5) is 24.3. The van der Waals surface area contributed by atoms with Gasteiger partial charge in [-0.1, -0.05) is 25.8 Å². The molecule has 1 N–H and O–H groups in total. The maximum atomic E-state index is 13.5. The fourth-order valence-corrected chi connectivity index (χ4v) is 4.26. The number of rotatable bonds is 1. The van der Waals surface area contributed by atoms with E-state index in [2.05, 4.69) is 31.8 Å². The summed E-state index contributed by atoms with van der Waals surface area (Å²) >= 11 is 0. The smallest absolute Gasteiger partial charge is 0.382 e. The third-order valence-corrected chi connectivity index (χ3v) is 5.72. The molecule has 4 rings (SSSR count). The monoisotopic (exact) mass is 383 g/mol. The average Bonchev–Trinajstić information content (AvgIpc) is 3.09. The van der Waals surface area contributed by atoms with Crippen LogP contribution in [-0.4, -0.2) is 24.0 Å². The lowest BCUT2D eigenvalue weighted by molar-refractivity contribution is -0.130. The molecule has 5 nitrogen and oxygen atoms in total. The highest BCUT2D eigenvalue weighted by atomic mass is 16.5. The zero-order valence-electron chi connectivity index (χ0n) is 16.2. The van der Waals surface area contributed by atoms with Crippen LogP contribution in [0.1, 0.15) is 52.0 Å². The standard InChI is InChI=1S/C24H17NO4/c1-24(2)18-11-20(29-3)14(5-7-21(26)27)9-17(18)23(28)22-16-6-4-13(12-25)8-15(16)10-19(22)24/h4,6,8-9,11H,10H2,1-3H3,(H,26,27). The van der Waals surface area contributed by atoms with Crippen molar-refractivity contribution in [3.8, 4) is 23.7 Å². The number of benzene rings is 2. The minimum atomic E-state index is -1.25. The lowest BCUT2D eigenvalue weighted by atomic mass is 9.68. The first-order valence-electron chi connectivity index (χ1n) is 9.07. The van der Waals surface area contributed by atoms with Gasteiger partial charge >= 0.3 is 5.97 Å². The SMILES string of the molecule is COc1cc2c(cc1C#CC(=O)O)C(=O)C1=C(Cc3cc(C#N)ccc31)C2(C)C. The fourth-order valence-electron chi connectivity index (χ4n) is 4.26. The number of ketones is 1. The fraction of sp³-hybridized carbons (Fsp3) is 0.208. The summed E-state index contributed by atoms with van der Waals surface area (Å²) in [6.45, 7) is 4.12. The number of carboxylic acid groups (broad SMARTS) is 1. The Labute approximate surface area is 168 Å². The third-order valence-electron chi connectivity index (χ3n) is 5.72. The normalized spacial score (nSPS) is 15.4. The molecule has 29 heavy (non-hydrogen) atoms. The highest BCUT2D eigenvalue weighted by Crippen LogP contribution is 2.50. The van der Waals surface area contributed by atoms with Gasteiger partial charge in [0.05, 0.1) is 24.3 Å². The Morgan fingerprint density at radius 1 is 1.21 bits per heavy atom. The molecule has 2 aromatic carbocycles. The highest BCUT2D eigenvalue weighted by molar-refractivity contribution is 6.33. The number of nitriles is 1. The molecule has 0 bridgehead atoms. The number of methoxy groups -OCH3 is 1. The van der Waals surface area contributed by atoms with Crippen molar-refractivity contribution in [1.29, 1.82) is 5.26 Å². The van der Waals surface area contributed by atoms with Crippen LogP contribution in [-0.2, 0) is 16.6 Å². The average molecular weight is 383 g/mol. The van der Waals surface area contributed by atoms with E-state index in [9.17, 15) is 14.9 Å². The van der Waals surface area contributed by atoms with E-state index in [0.29, 0.717) is 34.4 Å². The summed E-state index contributed by atoms with van der Waals surface area (Å²) in [6.07, 6.45) is 0.612. The first kappa shape index (κ1) is 18.5. The molecule has 0 atom stereocenters. The molecule has 0 fully saturated rings. The van der Waals surface area contributed by atoms with Gasteiger partial charge in [-0.05, 0) is 52.9 Å². The Bertz CT molecular complexity index is 1250. The summed E-state index contributed by atoms with van der Waals surface area (Å²) in [5.41, 5.74) is 5.35. The van der Waals surface area contributed by atoms with E-state index < -0.39 is 11.4 Å². The van der Waals surface area contributed by atoms with E-state index in [-0.39, 0.29) is 5.78 Å². The number of carbonyl (C=O) groups is 2. The van der Waals surface area contributed by atoms with Crippen molar-refractivity contribution in [2.75, 3.05) is 7.11 Å². The van der Waals surface area contributed by atoms with Crippen molar-refractivity contribution in [3.63, 3.8) is 0 Å². The number of allylic oxidation sites excluding steroid dienone is 2. The van der Waals surface area contributed by atoms with Gasteiger partial charge < -0.3 is 9.84 Å². The number of hydrogen-bond donors (Lipinski definition) is 1. The van der Waals surface area contributed by atoms with Gasteiger partial charge in [0.25, 0.3) is 0 Å². The van der Waals surface area contributed by atoms with Crippen molar-refractivity contribution in [1.82, 2.24) is 0 Å². The van der Waals surface area contributed by atoms with Crippen LogP contribution in [0.4, 0.5) is 0 Å². The van der Waals surface area contributed by atoms with Crippen LogP contribution in [0.15, 0.2) is 35.9 Å². The van der Waals surface area contributed by atoms with Crippen molar-refractivity contribution in [3.05, 3.63) is 69.3 Å². The topological polar surface area (TPSA) is 87.4 Å². The first-order chi connectivity index (χ1) is 13.8. The van der Waals surface area contributed by atoms with E-state index in [1.807, 2.05) is 12.1 Å². The molecule has 0 spiro atoms. The number of carbonyl (C=O) groups excluding carboxylic acids is 1. The largest absolute Gasteiger partial charge is 0.495 e. The lowest BCUT2D eigenvalue weighted by Crippen LogP contribution is -2.30. The molecule has 0 saturated carbocycles. The summed E-state index contributed by atoms with van der Waals surface area (Å²) in [5, 5.41) is 18.1. The molecule has 0 amide bonds. The Hall–Kier alpha value is -3.83. The van der Waals surface area contributed by atoms with E-state index in [0.717, 1.165) is 22.3 Å². The van der Waals surface area contributed by atoms with E-state index >= 15 is 0 Å². The molecule has 0 aromatic heterocycles. The highest BCUT2D eigenvalue weighted by Gasteiger charge is 2.43. The van der Waals surface area contributed by atoms with Gasteiger partial charge in [0, 0.05) is 22.5 Å². The third kappa shape index (κ3) is 2.71. The molecule has 0 heterocycles. The van der Waals surface area contributed by atoms with E-state index in [4.69, 9.17) is 9.84 Å². The molecule has 0 unspecified atom stereocenters. The Morgan fingerprint density at radius 2 is 1.97 bits per heavy atom. The second-order valence-corrected chi connectivity index (χ2v) is 7.62. The molecule has 0 saturated heterocycles. The lowest BCUT2D eigenvalue weighted by Gasteiger charge is -2.34. The van der Waals surface area contributed by atoms with E-state index in [1.54, 1.807) is 18.2 Å². The number of aliphatic carboxylic acids is 1. The summed E-state index contributed by atoms with van der Waals surface area (Å²) in [6, 6.07) is 11.0. The summed E-state index contributed by atoms with van der Waals surface area (Å²) in [5.74, 6) is 3.74. The van der Waals surface area contributed by atoms with Crippen molar-refractivity contribution < 1.29 is 19.4 Å². The van der Waals surface area contributed by atoms with Crippen LogP contribution in [0.5, 0.6) is 5.75 Å². The molecule has 142 valence electrons. The minimum Gasteiger partial charge on any atom is -0.495 e. The van der Waals surface area contributed by atoms with Gasteiger partial charge in [-0.2, -0.15) is 5.26 Å². The number of hydrogen-bond acceptors (Lipinski definition) is 4. The predicted molar refractivity (Wildman–Crippen MR) is 107 cm³/mol.